The van der Waals surface area contributed by atoms with E-state index < -0.39 is 0 Å². The van der Waals surface area contributed by atoms with Crippen molar-refractivity contribution >= 4 is 0 Å². The van der Waals surface area contributed by atoms with Crippen LogP contribution in [0.5, 0.6) is 0 Å². The van der Waals surface area contributed by atoms with Gasteiger partial charge in [0.1, 0.15) is 0 Å². The van der Waals surface area contributed by atoms with Gasteiger partial charge in [-0.15, -0.1) is 0 Å². The van der Waals surface area contributed by atoms with Crippen LogP contribution in [-0.4, -0.2) is 57.3 Å². The zero-order valence-electron chi connectivity index (χ0n) is 9.53. The van der Waals surface area contributed by atoms with Crippen LogP contribution in [0.4, 0.5) is 0 Å². The number of rotatable bonds is 4. The van der Waals surface area contributed by atoms with Crippen molar-refractivity contribution in [3.8, 4) is 0 Å². The van der Waals surface area contributed by atoms with Crippen molar-refractivity contribution in [2.45, 2.75) is 32.3 Å². The smallest absolute Gasteiger partial charge is 0.169 e. The van der Waals surface area contributed by atoms with Gasteiger partial charge in [0, 0.05) is 33.9 Å². The molecule has 0 spiro atoms. The van der Waals surface area contributed by atoms with E-state index in [1.165, 1.54) is 0 Å². The van der Waals surface area contributed by atoms with Crippen molar-refractivity contribution in [1.82, 2.24) is 4.90 Å². The maximum absolute atomic E-state index is 5.64. The van der Waals surface area contributed by atoms with E-state index >= 15 is 0 Å². The molecule has 0 unspecified atom stereocenters. The molecule has 4 nitrogen and oxygen atoms in total. The van der Waals surface area contributed by atoms with E-state index in [1.54, 1.807) is 14.2 Å². The summed E-state index contributed by atoms with van der Waals surface area (Å²) < 4.78 is 16.0. The molecule has 1 saturated heterocycles. The fourth-order valence-corrected chi connectivity index (χ4v) is 1.89. The molecule has 4 heteroatoms. The average molecular weight is 203 g/mol. The van der Waals surface area contributed by atoms with Crippen LogP contribution < -0.4 is 0 Å². The van der Waals surface area contributed by atoms with E-state index in [2.05, 4.69) is 18.7 Å². The molecule has 0 aromatic rings. The van der Waals surface area contributed by atoms with Gasteiger partial charge in [0.25, 0.3) is 0 Å². The lowest BCUT2D eigenvalue weighted by atomic mass is 10.2. The molecule has 1 aliphatic rings. The van der Waals surface area contributed by atoms with Crippen molar-refractivity contribution in [1.29, 1.82) is 0 Å². The molecule has 0 amide bonds. The number of hydrogen-bond donors (Lipinski definition) is 0. The monoisotopic (exact) mass is 203 g/mol. The molecule has 0 N–H and O–H groups in total. The molecular formula is C10H21NO3. The summed E-state index contributed by atoms with van der Waals surface area (Å²) in [7, 11) is 3.34. The lowest BCUT2D eigenvalue weighted by Crippen LogP contribution is -2.48. The van der Waals surface area contributed by atoms with Gasteiger partial charge < -0.3 is 14.2 Å². The Morgan fingerprint density at radius 3 is 2.14 bits per heavy atom. The van der Waals surface area contributed by atoms with Gasteiger partial charge in [-0.2, -0.15) is 0 Å². The van der Waals surface area contributed by atoms with Crippen LogP contribution in [-0.2, 0) is 14.2 Å². The van der Waals surface area contributed by atoms with Gasteiger partial charge in [0.15, 0.2) is 6.29 Å². The fraction of sp³-hybridized carbons (Fsp3) is 1.00. The first kappa shape index (κ1) is 11.9. The second kappa shape index (κ2) is 5.66. The summed E-state index contributed by atoms with van der Waals surface area (Å²) in [6.07, 6.45) is 0.466. The lowest BCUT2D eigenvalue weighted by Gasteiger charge is -2.36. The molecule has 84 valence electrons. The Morgan fingerprint density at radius 2 is 1.71 bits per heavy atom. The second-order valence-electron chi connectivity index (χ2n) is 3.88. The van der Waals surface area contributed by atoms with Gasteiger partial charge in [0.05, 0.1) is 12.2 Å². The number of morpholine rings is 1. The third kappa shape index (κ3) is 3.53. The minimum Gasteiger partial charge on any atom is -0.373 e. The normalized spacial score (nSPS) is 29.8. The predicted molar refractivity (Wildman–Crippen MR) is 54.3 cm³/mol. The molecule has 14 heavy (non-hydrogen) atoms. The second-order valence-corrected chi connectivity index (χ2v) is 3.88. The van der Waals surface area contributed by atoms with Crippen molar-refractivity contribution in [3.05, 3.63) is 0 Å². The topological polar surface area (TPSA) is 30.9 Å². The van der Waals surface area contributed by atoms with Crippen molar-refractivity contribution in [3.63, 3.8) is 0 Å². The third-order valence-corrected chi connectivity index (χ3v) is 2.43. The van der Waals surface area contributed by atoms with Crippen LogP contribution in [0.1, 0.15) is 13.8 Å². The Bertz CT molecular complexity index is 151. The minimum absolute atomic E-state index is 0.132. The van der Waals surface area contributed by atoms with E-state index in [9.17, 15) is 0 Å². The molecule has 0 aliphatic carbocycles. The van der Waals surface area contributed by atoms with E-state index in [0.717, 1.165) is 19.6 Å². The van der Waals surface area contributed by atoms with E-state index in [0.29, 0.717) is 12.2 Å². The highest BCUT2D eigenvalue weighted by molar-refractivity contribution is 4.73. The van der Waals surface area contributed by atoms with E-state index in [-0.39, 0.29) is 6.29 Å². The minimum atomic E-state index is -0.132. The van der Waals surface area contributed by atoms with E-state index in [1.807, 2.05) is 0 Å². The number of nitrogens with zero attached hydrogens (tertiary/aromatic N) is 1. The average Bonchev–Trinajstić information content (AvgIpc) is 2.12. The molecule has 0 aromatic carbocycles. The number of methoxy groups -OCH3 is 2. The summed E-state index contributed by atoms with van der Waals surface area (Å²) in [6.45, 7) is 6.90. The summed E-state index contributed by atoms with van der Waals surface area (Å²) in [6, 6.07) is 0. The zero-order valence-corrected chi connectivity index (χ0v) is 9.53. The lowest BCUT2D eigenvalue weighted by molar-refractivity contribution is -0.139. The molecule has 1 aliphatic heterocycles. The zero-order chi connectivity index (χ0) is 10.6. The van der Waals surface area contributed by atoms with Crippen LogP contribution in [0.25, 0.3) is 0 Å². The van der Waals surface area contributed by atoms with Gasteiger partial charge in [-0.25, -0.2) is 0 Å². The van der Waals surface area contributed by atoms with Crippen LogP contribution >= 0.6 is 0 Å². The Labute approximate surface area is 86.1 Å². The van der Waals surface area contributed by atoms with Gasteiger partial charge in [-0.1, -0.05) is 0 Å². The molecule has 0 saturated carbocycles. The Balaban J connectivity index is 2.35. The van der Waals surface area contributed by atoms with Crippen LogP contribution in [0.2, 0.25) is 0 Å². The first-order chi connectivity index (χ1) is 6.65. The summed E-state index contributed by atoms with van der Waals surface area (Å²) in [4.78, 5) is 2.32. The molecule has 1 rings (SSSR count). The number of ether oxygens (including phenoxy) is 3. The molecule has 0 aromatic heterocycles. The molecule has 0 bridgehead atoms. The summed E-state index contributed by atoms with van der Waals surface area (Å²) in [5.74, 6) is 0. The molecular weight excluding hydrogens is 182 g/mol. The van der Waals surface area contributed by atoms with Crippen molar-refractivity contribution < 1.29 is 14.2 Å². The molecule has 1 heterocycles. The standard InChI is InChI=1S/C10H21NO3/c1-8-5-11(6-9(2)14-8)7-10(12-3)13-4/h8-10H,5-7H2,1-4H3/t8-,9+. The highest BCUT2D eigenvalue weighted by atomic mass is 16.7. The number of hydrogen-bond acceptors (Lipinski definition) is 4. The Kier molecular flexibility index (Phi) is 4.81. The Morgan fingerprint density at radius 1 is 1.21 bits per heavy atom. The third-order valence-electron chi connectivity index (χ3n) is 2.43. The maximum atomic E-state index is 5.64. The van der Waals surface area contributed by atoms with Crippen LogP contribution in [0.15, 0.2) is 0 Å². The first-order valence-corrected chi connectivity index (χ1v) is 5.09. The highest BCUT2D eigenvalue weighted by Crippen LogP contribution is 2.11. The van der Waals surface area contributed by atoms with Crippen LogP contribution in [0.3, 0.4) is 0 Å². The molecule has 1 fully saturated rings. The van der Waals surface area contributed by atoms with Crippen molar-refractivity contribution in [2.24, 2.45) is 0 Å². The maximum Gasteiger partial charge on any atom is 0.169 e. The highest BCUT2D eigenvalue weighted by Gasteiger charge is 2.24. The Hall–Kier alpha value is -0.160. The molecule has 0 radical (unpaired) electrons. The van der Waals surface area contributed by atoms with Crippen LogP contribution in [0, 0.1) is 0 Å². The van der Waals surface area contributed by atoms with E-state index in [4.69, 9.17) is 14.2 Å². The predicted octanol–water partition coefficient (Wildman–Crippen LogP) is 0.714. The summed E-state index contributed by atoms with van der Waals surface area (Å²) in [5, 5.41) is 0. The summed E-state index contributed by atoms with van der Waals surface area (Å²) in [5.41, 5.74) is 0. The quantitative estimate of drug-likeness (QED) is 0.630. The van der Waals surface area contributed by atoms with Gasteiger partial charge in [0.2, 0.25) is 0 Å². The van der Waals surface area contributed by atoms with Gasteiger partial charge in [-0.05, 0) is 13.8 Å². The largest absolute Gasteiger partial charge is 0.373 e. The van der Waals surface area contributed by atoms with Gasteiger partial charge >= 0.3 is 0 Å². The fourth-order valence-electron chi connectivity index (χ4n) is 1.89. The van der Waals surface area contributed by atoms with Gasteiger partial charge in [-0.3, -0.25) is 4.90 Å². The summed E-state index contributed by atoms with van der Waals surface area (Å²) >= 11 is 0. The SMILES string of the molecule is COC(CN1C[C@@H](C)O[C@@H](C)C1)OC. The first-order valence-electron chi connectivity index (χ1n) is 5.09. The van der Waals surface area contributed by atoms with Crippen molar-refractivity contribution in [2.75, 3.05) is 33.9 Å². The molecule has 2 atom stereocenters.